The lowest BCUT2D eigenvalue weighted by atomic mass is 9.60. The molecule has 0 aromatic heterocycles. The van der Waals surface area contributed by atoms with Crippen molar-refractivity contribution < 1.29 is 9.90 Å². The van der Waals surface area contributed by atoms with E-state index < -0.39 is 0 Å². The summed E-state index contributed by atoms with van der Waals surface area (Å²) in [6, 6.07) is 0.467. The van der Waals surface area contributed by atoms with Crippen LogP contribution in [-0.2, 0) is 4.79 Å². The summed E-state index contributed by atoms with van der Waals surface area (Å²) in [5.41, 5.74) is 0.266. The van der Waals surface area contributed by atoms with Gasteiger partial charge in [-0.15, -0.1) is 0 Å². The Kier molecular flexibility index (Phi) is 2.55. The number of piperidine rings is 1. The van der Waals surface area contributed by atoms with Crippen LogP contribution in [0.2, 0.25) is 0 Å². The average molecular weight is 223 g/mol. The van der Waals surface area contributed by atoms with Gasteiger partial charge in [0.25, 0.3) is 0 Å². The van der Waals surface area contributed by atoms with Gasteiger partial charge in [0.2, 0.25) is 0 Å². The van der Waals surface area contributed by atoms with Crippen molar-refractivity contribution in [2.45, 2.75) is 44.6 Å². The molecule has 16 heavy (non-hydrogen) atoms. The summed E-state index contributed by atoms with van der Waals surface area (Å²) in [5, 5.41) is 9.31. The molecule has 0 radical (unpaired) electrons. The maximum absolute atomic E-state index is 12.0. The van der Waals surface area contributed by atoms with E-state index in [2.05, 4.69) is 4.90 Å². The highest BCUT2D eigenvalue weighted by atomic mass is 16.3. The van der Waals surface area contributed by atoms with Crippen LogP contribution in [0.3, 0.4) is 0 Å². The van der Waals surface area contributed by atoms with E-state index in [0.29, 0.717) is 17.7 Å². The summed E-state index contributed by atoms with van der Waals surface area (Å²) in [4.78, 5) is 14.5. The highest BCUT2D eigenvalue weighted by Crippen LogP contribution is 2.52. The first-order chi connectivity index (χ1) is 7.77. The monoisotopic (exact) mass is 223 g/mol. The van der Waals surface area contributed by atoms with Crippen molar-refractivity contribution in [2.75, 3.05) is 19.7 Å². The van der Waals surface area contributed by atoms with E-state index in [1.807, 2.05) is 0 Å². The fourth-order valence-electron chi connectivity index (χ4n) is 4.49. The third-order valence-corrected chi connectivity index (χ3v) is 5.14. The van der Waals surface area contributed by atoms with Gasteiger partial charge in [0.15, 0.2) is 0 Å². The summed E-state index contributed by atoms with van der Waals surface area (Å²) in [6.45, 7) is 2.56. The Labute approximate surface area is 96.8 Å². The molecule has 0 unspecified atom stereocenters. The van der Waals surface area contributed by atoms with Gasteiger partial charge >= 0.3 is 0 Å². The Morgan fingerprint density at radius 1 is 1.38 bits per heavy atom. The molecule has 2 saturated heterocycles. The lowest BCUT2D eigenvalue weighted by Crippen LogP contribution is -2.55. The van der Waals surface area contributed by atoms with Crippen molar-refractivity contribution in [3.8, 4) is 0 Å². The zero-order valence-corrected chi connectivity index (χ0v) is 9.82. The van der Waals surface area contributed by atoms with Crippen molar-refractivity contribution in [1.82, 2.24) is 4.90 Å². The van der Waals surface area contributed by atoms with E-state index in [1.165, 1.54) is 19.4 Å². The molecule has 0 aromatic carbocycles. The van der Waals surface area contributed by atoms with Gasteiger partial charge in [0, 0.05) is 25.0 Å². The van der Waals surface area contributed by atoms with E-state index in [4.69, 9.17) is 0 Å². The third-order valence-electron chi connectivity index (χ3n) is 5.14. The number of hydrogen-bond acceptors (Lipinski definition) is 3. The van der Waals surface area contributed by atoms with Crippen molar-refractivity contribution in [1.29, 1.82) is 0 Å². The molecule has 0 amide bonds. The number of carbonyl (C=O) groups is 1. The second-order valence-electron chi connectivity index (χ2n) is 5.78. The Hall–Kier alpha value is -0.410. The number of hydrogen-bond donors (Lipinski definition) is 1. The van der Waals surface area contributed by atoms with Crippen molar-refractivity contribution in [3.63, 3.8) is 0 Å². The fourth-order valence-corrected chi connectivity index (χ4v) is 4.49. The number of rotatable bonds is 2. The molecule has 3 fully saturated rings. The van der Waals surface area contributed by atoms with Crippen LogP contribution in [0.15, 0.2) is 0 Å². The van der Waals surface area contributed by atoms with E-state index in [-0.39, 0.29) is 12.0 Å². The first kappa shape index (κ1) is 10.7. The van der Waals surface area contributed by atoms with Crippen LogP contribution in [-0.4, -0.2) is 41.5 Å². The van der Waals surface area contributed by atoms with Crippen molar-refractivity contribution in [3.05, 3.63) is 0 Å². The molecule has 0 bridgehead atoms. The number of ketones is 1. The summed E-state index contributed by atoms with van der Waals surface area (Å²) in [5.74, 6) is 0.781. The molecular formula is C13H21NO2. The van der Waals surface area contributed by atoms with Gasteiger partial charge in [0.05, 0.1) is 0 Å². The SMILES string of the molecule is O=C1CC[C@@]2(CCO)CCCN3CC[C@@H]1[C@H]32. The van der Waals surface area contributed by atoms with Crippen LogP contribution in [0.5, 0.6) is 0 Å². The predicted octanol–water partition coefficient (Wildman–Crippen LogP) is 1.20. The van der Waals surface area contributed by atoms with Gasteiger partial charge in [-0.05, 0) is 50.6 Å². The number of Topliss-reactive ketones (excluding diaryl/α,β-unsaturated/α-hetero) is 1. The maximum Gasteiger partial charge on any atom is 0.137 e. The van der Waals surface area contributed by atoms with Crippen LogP contribution in [0.4, 0.5) is 0 Å². The van der Waals surface area contributed by atoms with E-state index >= 15 is 0 Å². The molecule has 3 nitrogen and oxygen atoms in total. The van der Waals surface area contributed by atoms with Crippen LogP contribution in [0.25, 0.3) is 0 Å². The molecule has 3 aliphatic rings. The molecule has 1 saturated carbocycles. The smallest absolute Gasteiger partial charge is 0.137 e. The Morgan fingerprint density at radius 3 is 3.06 bits per heavy atom. The quantitative estimate of drug-likeness (QED) is 0.765. The number of nitrogens with zero attached hydrogens (tertiary/aromatic N) is 1. The molecule has 2 aliphatic heterocycles. The molecular weight excluding hydrogens is 202 g/mol. The molecule has 90 valence electrons. The maximum atomic E-state index is 12.0. The van der Waals surface area contributed by atoms with Crippen LogP contribution in [0.1, 0.15) is 38.5 Å². The minimum Gasteiger partial charge on any atom is -0.396 e. The second kappa shape index (κ2) is 3.81. The zero-order valence-electron chi connectivity index (χ0n) is 9.82. The van der Waals surface area contributed by atoms with Gasteiger partial charge in [-0.1, -0.05) is 0 Å². The lowest BCUT2D eigenvalue weighted by Gasteiger charge is -2.51. The number of aliphatic hydroxyl groups excluding tert-OH is 1. The molecule has 0 aromatic rings. The van der Waals surface area contributed by atoms with Crippen molar-refractivity contribution >= 4 is 5.78 Å². The van der Waals surface area contributed by atoms with Gasteiger partial charge in [-0.2, -0.15) is 0 Å². The van der Waals surface area contributed by atoms with E-state index in [0.717, 1.165) is 32.2 Å². The molecule has 3 atom stereocenters. The van der Waals surface area contributed by atoms with Crippen LogP contribution in [0, 0.1) is 11.3 Å². The predicted molar refractivity (Wildman–Crippen MR) is 61.1 cm³/mol. The van der Waals surface area contributed by atoms with Crippen LogP contribution >= 0.6 is 0 Å². The highest BCUT2D eigenvalue weighted by molar-refractivity contribution is 5.83. The van der Waals surface area contributed by atoms with Crippen LogP contribution < -0.4 is 0 Å². The fraction of sp³-hybridized carbons (Fsp3) is 0.923. The Balaban J connectivity index is 1.93. The van der Waals surface area contributed by atoms with Crippen molar-refractivity contribution in [2.24, 2.45) is 11.3 Å². The lowest BCUT2D eigenvalue weighted by molar-refractivity contribution is -0.133. The first-order valence-electron chi connectivity index (χ1n) is 6.64. The summed E-state index contributed by atoms with van der Waals surface area (Å²) < 4.78 is 0. The van der Waals surface area contributed by atoms with Gasteiger partial charge in [0.1, 0.15) is 5.78 Å². The Bertz CT molecular complexity index is 300. The summed E-state index contributed by atoms with van der Waals surface area (Å²) in [7, 11) is 0. The normalized spacial score (nSPS) is 43.4. The number of aliphatic hydroxyl groups is 1. The van der Waals surface area contributed by atoms with Gasteiger partial charge in [-0.3, -0.25) is 9.69 Å². The molecule has 1 aliphatic carbocycles. The molecule has 2 heterocycles. The molecule has 3 rings (SSSR count). The topological polar surface area (TPSA) is 40.5 Å². The Morgan fingerprint density at radius 2 is 2.25 bits per heavy atom. The highest BCUT2D eigenvalue weighted by Gasteiger charge is 2.54. The molecule has 0 spiro atoms. The number of carbonyl (C=O) groups excluding carboxylic acids is 1. The standard InChI is InChI=1S/C13H21NO2/c15-9-6-13-4-1-7-14-8-3-10(12(13)14)11(16)2-5-13/h10,12,15H,1-9H2/t10-,12-,13+/m0/s1. The minimum absolute atomic E-state index is 0.266. The van der Waals surface area contributed by atoms with E-state index in [9.17, 15) is 9.90 Å². The first-order valence-corrected chi connectivity index (χ1v) is 6.64. The van der Waals surface area contributed by atoms with Gasteiger partial charge in [-0.25, -0.2) is 0 Å². The summed E-state index contributed by atoms with van der Waals surface area (Å²) in [6.07, 6.45) is 6.21. The second-order valence-corrected chi connectivity index (χ2v) is 5.78. The molecule has 3 heteroatoms. The zero-order chi connectivity index (χ0) is 11.2. The largest absolute Gasteiger partial charge is 0.396 e. The summed E-state index contributed by atoms with van der Waals surface area (Å²) >= 11 is 0. The minimum atomic E-state index is 0.266. The third kappa shape index (κ3) is 1.37. The molecule has 1 N–H and O–H groups in total. The average Bonchev–Trinajstić information content (AvgIpc) is 2.71. The van der Waals surface area contributed by atoms with E-state index in [1.54, 1.807) is 0 Å². The van der Waals surface area contributed by atoms with Gasteiger partial charge < -0.3 is 5.11 Å².